The van der Waals surface area contributed by atoms with Crippen molar-refractivity contribution in [3.63, 3.8) is 0 Å². The Morgan fingerprint density at radius 1 is 1.21 bits per heavy atom. The molecule has 0 aromatic carbocycles. The van der Waals surface area contributed by atoms with Crippen molar-refractivity contribution in [3.05, 3.63) is 11.6 Å². The molecule has 1 heterocycles. The molecule has 5 nitrogen and oxygen atoms in total. The van der Waals surface area contributed by atoms with Gasteiger partial charge in [0, 0.05) is 24.2 Å². The number of esters is 1. The minimum absolute atomic E-state index is 0.0867. The summed E-state index contributed by atoms with van der Waals surface area (Å²) >= 11 is 0. The maximum Gasteiger partial charge on any atom is 0.309 e. The zero-order chi connectivity index (χ0) is 21.6. The van der Waals surface area contributed by atoms with Gasteiger partial charge in [0.15, 0.2) is 5.79 Å². The SMILES string of the molecule is CC/C=C(\C)C[C@@H](C)C(=O)O[C@@H]1[C@H](C)[C@@H]([C@H](C)C(=O)CC)O[C@@](O)(CC)[C@@H]1C. The predicted octanol–water partition coefficient (Wildman–Crippen LogP) is 4.67. The van der Waals surface area contributed by atoms with Crippen LogP contribution in [-0.2, 0) is 19.1 Å². The number of rotatable bonds is 9. The molecule has 0 bridgehead atoms. The number of hydrogen-bond acceptors (Lipinski definition) is 5. The lowest BCUT2D eigenvalue weighted by Crippen LogP contribution is -2.60. The number of carbonyl (C=O) groups excluding carboxylic acids is 2. The van der Waals surface area contributed by atoms with E-state index >= 15 is 0 Å². The number of Topliss-reactive ketones (excluding diaryl/α,β-unsaturated/α-hetero) is 1. The largest absolute Gasteiger partial charge is 0.461 e. The molecular formula is C23H40O5. The first-order valence-electron chi connectivity index (χ1n) is 10.8. The van der Waals surface area contributed by atoms with E-state index in [2.05, 4.69) is 13.0 Å². The predicted molar refractivity (Wildman–Crippen MR) is 111 cm³/mol. The highest BCUT2D eigenvalue weighted by molar-refractivity contribution is 5.81. The summed E-state index contributed by atoms with van der Waals surface area (Å²) in [5, 5.41) is 11.0. The topological polar surface area (TPSA) is 72.8 Å². The van der Waals surface area contributed by atoms with Crippen molar-refractivity contribution in [3.8, 4) is 0 Å². The second kappa shape index (κ2) is 10.5. The van der Waals surface area contributed by atoms with Gasteiger partial charge in [0.1, 0.15) is 11.9 Å². The van der Waals surface area contributed by atoms with E-state index in [0.29, 0.717) is 19.3 Å². The van der Waals surface area contributed by atoms with Gasteiger partial charge in [-0.05, 0) is 26.2 Å². The van der Waals surface area contributed by atoms with Crippen LogP contribution in [0, 0.1) is 23.7 Å². The third-order valence-corrected chi connectivity index (χ3v) is 6.27. The summed E-state index contributed by atoms with van der Waals surface area (Å²) < 4.78 is 12.0. The fourth-order valence-electron chi connectivity index (χ4n) is 4.27. The molecule has 5 heteroatoms. The van der Waals surface area contributed by atoms with Gasteiger partial charge in [0.2, 0.25) is 0 Å². The van der Waals surface area contributed by atoms with Crippen LogP contribution in [0.15, 0.2) is 11.6 Å². The highest BCUT2D eigenvalue weighted by Gasteiger charge is 2.53. The maximum atomic E-state index is 12.8. The quantitative estimate of drug-likeness (QED) is 0.453. The van der Waals surface area contributed by atoms with E-state index in [-0.39, 0.29) is 35.4 Å². The summed E-state index contributed by atoms with van der Waals surface area (Å²) in [5.41, 5.74) is 1.17. The van der Waals surface area contributed by atoms with E-state index < -0.39 is 18.0 Å². The molecule has 0 radical (unpaired) electrons. The molecule has 1 saturated heterocycles. The third-order valence-electron chi connectivity index (χ3n) is 6.27. The van der Waals surface area contributed by atoms with Gasteiger partial charge in [0.05, 0.1) is 12.0 Å². The lowest BCUT2D eigenvalue weighted by atomic mass is 9.75. The van der Waals surface area contributed by atoms with Gasteiger partial charge in [-0.2, -0.15) is 0 Å². The summed E-state index contributed by atoms with van der Waals surface area (Å²) in [4.78, 5) is 25.1. The Bertz CT molecular complexity index is 569. The van der Waals surface area contributed by atoms with Crippen LogP contribution in [0.2, 0.25) is 0 Å². The van der Waals surface area contributed by atoms with Gasteiger partial charge in [0.25, 0.3) is 0 Å². The van der Waals surface area contributed by atoms with Crippen molar-refractivity contribution in [2.75, 3.05) is 0 Å². The first kappa shape index (κ1) is 24.8. The number of aliphatic hydroxyl groups is 1. The van der Waals surface area contributed by atoms with Crippen molar-refractivity contribution < 1.29 is 24.2 Å². The number of allylic oxidation sites excluding steroid dienone is 2. The maximum absolute atomic E-state index is 12.8. The van der Waals surface area contributed by atoms with E-state index in [1.165, 1.54) is 5.57 Å². The van der Waals surface area contributed by atoms with Gasteiger partial charge in [-0.3, -0.25) is 9.59 Å². The van der Waals surface area contributed by atoms with Crippen LogP contribution in [0.1, 0.15) is 81.1 Å². The van der Waals surface area contributed by atoms with Crippen molar-refractivity contribution in [1.29, 1.82) is 0 Å². The smallest absolute Gasteiger partial charge is 0.309 e. The average Bonchev–Trinajstić information content (AvgIpc) is 2.66. The van der Waals surface area contributed by atoms with Crippen LogP contribution in [0.5, 0.6) is 0 Å². The molecule has 28 heavy (non-hydrogen) atoms. The van der Waals surface area contributed by atoms with Gasteiger partial charge >= 0.3 is 5.97 Å². The Morgan fingerprint density at radius 2 is 1.82 bits per heavy atom. The van der Waals surface area contributed by atoms with E-state index in [1.807, 2.05) is 48.5 Å². The summed E-state index contributed by atoms with van der Waals surface area (Å²) in [6.45, 7) is 15.3. The molecule has 1 aliphatic rings. The van der Waals surface area contributed by atoms with Crippen LogP contribution < -0.4 is 0 Å². The van der Waals surface area contributed by atoms with Gasteiger partial charge in [-0.15, -0.1) is 0 Å². The summed E-state index contributed by atoms with van der Waals surface area (Å²) in [7, 11) is 0. The molecule has 0 spiro atoms. The van der Waals surface area contributed by atoms with Crippen LogP contribution in [0.3, 0.4) is 0 Å². The molecule has 0 aromatic rings. The minimum Gasteiger partial charge on any atom is -0.461 e. The van der Waals surface area contributed by atoms with Crippen LogP contribution in [0.4, 0.5) is 0 Å². The Morgan fingerprint density at radius 3 is 2.32 bits per heavy atom. The average molecular weight is 397 g/mol. The Labute approximate surface area is 170 Å². The Balaban J connectivity index is 3.04. The first-order valence-corrected chi connectivity index (χ1v) is 10.8. The van der Waals surface area contributed by atoms with Gasteiger partial charge < -0.3 is 14.6 Å². The second-order valence-corrected chi connectivity index (χ2v) is 8.50. The molecule has 162 valence electrons. The fourth-order valence-corrected chi connectivity index (χ4v) is 4.27. The number of ether oxygens (including phenoxy) is 2. The van der Waals surface area contributed by atoms with Crippen molar-refractivity contribution in [1.82, 2.24) is 0 Å². The van der Waals surface area contributed by atoms with Crippen LogP contribution >= 0.6 is 0 Å². The van der Waals surface area contributed by atoms with Crippen LogP contribution in [0.25, 0.3) is 0 Å². The molecule has 1 aliphatic heterocycles. The molecule has 0 amide bonds. The Hall–Kier alpha value is -1.20. The van der Waals surface area contributed by atoms with Crippen molar-refractivity contribution >= 4 is 11.8 Å². The minimum atomic E-state index is -1.41. The zero-order valence-electron chi connectivity index (χ0n) is 19.0. The molecule has 7 atom stereocenters. The molecule has 1 N–H and O–H groups in total. The fraction of sp³-hybridized carbons (Fsp3) is 0.826. The van der Waals surface area contributed by atoms with Gasteiger partial charge in [-0.1, -0.05) is 60.1 Å². The van der Waals surface area contributed by atoms with Gasteiger partial charge in [-0.25, -0.2) is 0 Å². The highest BCUT2D eigenvalue weighted by Crippen LogP contribution is 2.42. The molecule has 0 unspecified atom stereocenters. The van der Waals surface area contributed by atoms with E-state index in [4.69, 9.17) is 9.47 Å². The lowest BCUT2D eigenvalue weighted by molar-refractivity contribution is -0.325. The molecule has 1 rings (SSSR count). The van der Waals surface area contributed by atoms with E-state index in [1.54, 1.807) is 0 Å². The monoisotopic (exact) mass is 396 g/mol. The summed E-state index contributed by atoms with van der Waals surface area (Å²) in [5.74, 6) is -2.77. The van der Waals surface area contributed by atoms with Crippen molar-refractivity contribution in [2.45, 2.75) is 99.1 Å². The number of carbonyl (C=O) groups is 2. The summed E-state index contributed by atoms with van der Waals surface area (Å²) in [6.07, 6.45) is 3.52. The van der Waals surface area contributed by atoms with E-state index in [0.717, 1.165) is 6.42 Å². The third kappa shape index (κ3) is 5.66. The molecule has 1 fully saturated rings. The summed E-state index contributed by atoms with van der Waals surface area (Å²) in [6, 6.07) is 0. The number of ketones is 1. The lowest BCUT2D eigenvalue weighted by Gasteiger charge is -2.50. The molecular weight excluding hydrogens is 356 g/mol. The number of hydrogen-bond donors (Lipinski definition) is 1. The zero-order valence-corrected chi connectivity index (χ0v) is 19.0. The molecule has 0 aromatic heterocycles. The standard InChI is InChI=1S/C23H40O5/c1-9-12-14(4)13-15(5)22(25)27-21-17(7)20(16(6)19(24)10-2)28-23(26,11-3)18(21)8/h12,15-18,20-21,26H,9-11,13H2,1-8H3/b14-12+/t15-,16-,17-,18-,20-,21-,23+/m1/s1. The Kier molecular flexibility index (Phi) is 9.35. The molecule has 0 aliphatic carbocycles. The van der Waals surface area contributed by atoms with E-state index in [9.17, 15) is 14.7 Å². The highest BCUT2D eigenvalue weighted by atomic mass is 16.6. The normalized spacial score (nSPS) is 33.2. The van der Waals surface area contributed by atoms with Crippen LogP contribution in [-0.4, -0.2) is 34.9 Å². The second-order valence-electron chi connectivity index (χ2n) is 8.50. The molecule has 0 saturated carbocycles. The van der Waals surface area contributed by atoms with Crippen molar-refractivity contribution in [2.24, 2.45) is 23.7 Å². The first-order chi connectivity index (χ1) is 13.0.